The Bertz CT molecular complexity index is 311. The van der Waals surface area contributed by atoms with Crippen molar-refractivity contribution in [1.29, 1.82) is 0 Å². The Balaban J connectivity index is 2.67. The Morgan fingerprint density at radius 1 is 1.25 bits per heavy atom. The average molecular weight is 232 g/mol. The zero-order valence-electron chi connectivity index (χ0n) is 9.04. The largest absolute Gasteiger partial charge is 0.394 e. The van der Waals surface area contributed by atoms with E-state index in [1.807, 2.05) is 6.07 Å². The maximum Gasteiger partial charge on any atom is 0.394 e. The third kappa shape index (κ3) is 3.41. The first kappa shape index (κ1) is 12.8. The van der Waals surface area contributed by atoms with Crippen molar-refractivity contribution < 1.29 is 13.2 Å². The van der Waals surface area contributed by atoms with E-state index in [4.69, 9.17) is 5.73 Å². The van der Waals surface area contributed by atoms with Crippen LogP contribution in [0.4, 0.5) is 18.9 Å². The minimum atomic E-state index is -4.24. The van der Waals surface area contributed by atoms with Gasteiger partial charge in [-0.05, 0) is 12.1 Å². The zero-order valence-corrected chi connectivity index (χ0v) is 9.04. The summed E-state index contributed by atoms with van der Waals surface area (Å²) in [6.45, 7) is -0.509. The second-order valence-corrected chi connectivity index (χ2v) is 3.69. The molecule has 1 aromatic rings. The molecular formula is C11H15F3N2. The molecular weight excluding hydrogens is 217 g/mol. The second kappa shape index (κ2) is 5.21. The molecule has 0 aliphatic heterocycles. The predicted molar refractivity (Wildman–Crippen MR) is 58.3 cm³/mol. The molecule has 90 valence electrons. The molecule has 0 saturated carbocycles. The summed E-state index contributed by atoms with van der Waals surface area (Å²) < 4.78 is 37.5. The van der Waals surface area contributed by atoms with Crippen molar-refractivity contribution >= 4 is 5.69 Å². The summed E-state index contributed by atoms with van der Waals surface area (Å²) in [5.41, 5.74) is 5.89. The van der Waals surface area contributed by atoms with Crippen molar-refractivity contribution in [3.8, 4) is 0 Å². The topological polar surface area (TPSA) is 29.3 Å². The van der Waals surface area contributed by atoms with E-state index in [2.05, 4.69) is 0 Å². The lowest BCUT2D eigenvalue weighted by atomic mass is 10.1. The molecule has 2 N–H and O–H groups in total. The van der Waals surface area contributed by atoms with Gasteiger partial charge in [-0.15, -0.1) is 0 Å². The highest BCUT2D eigenvalue weighted by atomic mass is 19.4. The molecule has 0 radical (unpaired) electrons. The molecule has 1 rings (SSSR count). The number of rotatable bonds is 4. The highest BCUT2D eigenvalue weighted by Gasteiger charge is 2.39. The lowest BCUT2D eigenvalue weighted by molar-refractivity contribution is -0.168. The van der Waals surface area contributed by atoms with E-state index in [1.165, 1.54) is 0 Å². The van der Waals surface area contributed by atoms with Gasteiger partial charge in [0, 0.05) is 25.8 Å². The van der Waals surface area contributed by atoms with Gasteiger partial charge in [-0.3, -0.25) is 0 Å². The molecule has 1 aromatic carbocycles. The molecule has 1 unspecified atom stereocenters. The molecule has 0 saturated heterocycles. The van der Waals surface area contributed by atoms with Crippen molar-refractivity contribution in [3.63, 3.8) is 0 Å². The fourth-order valence-corrected chi connectivity index (χ4v) is 1.43. The van der Waals surface area contributed by atoms with Crippen molar-refractivity contribution in [1.82, 2.24) is 0 Å². The third-order valence-electron chi connectivity index (χ3n) is 2.44. The van der Waals surface area contributed by atoms with Gasteiger partial charge < -0.3 is 10.6 Å². The van der Waals surface area contributed by atoms with Crippen molar-refractivity contribution in [2.75, 3.05) is 25.0 Å². The number of alkyl halides is 3. The Hall–Kier alpha value is -1.23. The van der Waals surface area contributed by atoms with Gasteiger partial charge in [0.2, 0.25) is 0 Å². The van der Waals surface area contributed by atoms with E-state index in [1.54, 1.807) is 36.2 Å². The first-order valence-corrected chi connectivity index (χ1v) is 4.98. The van der Waals surface area contributed by atoms with Crippen LogP contribution in [0.15, 0.2) is 30.3 Å². The molecule has 0 spiro atoms. The monoisotopic (exact) mass is 232 g/mol. The maximum atomic E-state index is 12.5. The van der Waals surface area contributed by atoms with Crippen LogP contribution in [0.3, 0.4) is 0 Å². The van der Waals surface area contributed by atoms with Crippen molar-refractivity contribution in [2.45, 2.75) is 6.18 Å². The normalized spacial score (nSPS) is 13.6. The Morgan fingerprint density at radius 2 is 1.81 bits per heavy atom. The summed E-state index contributed by atoms with van der Waals surface area (Å²) in [7, 11) is 1.63. The van der Waals surface area contributed by atoms with E-state index in [9.17, 15) is 13.2 Å². The van der Waals surface area contributed by atoms with Crippen LogP contribution in [-0.4, -0.2) is 26.3 Å². The summed E-state index contributed by atoms with van der Waals surface area (Å²) in [5.74, 6) is -1.49. The smallest absolute Gasteiger partial charge is 0.374 e. The van der Waals surface area contributed by atoms with Gasteiger partial charge in [0.15, 0.2) is 0 Å². The van der Waals surface area contributed by atoms with Crippen LogP contribution in [0.1, 0.15) is 0 Å². The summed E-state index contributed by atoms with van der Waals surface area (Å²) in [6, 6.07) is 8.93. The lowest BCUT2D eigenvalue weighted by Crippen LogP contribution is -2.39. The van der Waals surface area contributed by atoms with Gasteiger partial charge >= 0.3 is 6.18 Å². The van der Waals surface area contributed by atoms with Crippen LogP contribution in [0, 0.1) is 5.92 Å². The van der Waals surface area contributed by atoms with Crippen LogP contribution in [-0.2, 0) is 0 Å². The van der Waals surface area contributed by atoms with Crippen LogP contribution in [0.2, 0.25) is 0 Å². The van der Waals surface area contributed by atoms with E-state index in [0.29, 0.717) is 0 Å². The van der Waals surface area contributed by atoms with E-state index in [0.717, 1.165) is 5.69 Å². The molecule has 1 atom stereocenters. The number of anilines is 1. The second-order valence-electron chi connectivity index (χ2n) is 3.69. The van der Waals surface area contributed by atoms with Gasteiger partial charge in [0.1, 0.15) is 0 Å². The molecule has 0 aliphatic rings. The zero-order chi connectivity index (χ0) is 12.2. The summed E-state index contributed by atoms with van der Waals surface area (Å²) >= 11 is 0. The van der Waals surface area contributed by atoms with Crippen LogP contribution in [0.5, 0.6) is 0 Å². The Labute approximate surface area is 92.9 Å². The minimum absolute atomic E-state index is 0.121. The molecule has 0 amide bonds. The highest BCUT2D eigenvalue weighted by molar-refractivity contribution is 5.45. The molecule has 0 aromatic heterocycles. The van der Waals surface area contributed by atoms with Gasteiger partial charge in [-0.25, -0.2) is 0 Å². The molecule has 0 fully saturated rings. The van der Waals surface area contributed by atoms with Gasteiger partial charge in [0.05, 0.1) is 5.92 Å². The SMILES string of the molecule is CN(CC(CN)C(F)(F)F)c1ccccc1. The first-order valence-electron chi connectivity index (χ1n) is 4.98. The van der Waals surface area contributed by atoms with E-state index >= 15 is 0 Å². The molecule has 2 nitrogen and oxygen atoms in total. The summed E-state index contributed by atoms with van der Waals surface area (Å²) in [6.07, 6.45) is -4.24. The minimum Gasteiger partial charge on any atom is -0.374 e. The van der Waals surface area contributed by atoms with Gasteiger partial charge in [-0.1, -0.05) is 18.2 Å². The quantitative estimate of drug-likeness (QED) is 0.862. The Kier molecular flexibility index (Phi) is 4.18. The number of hydrogen-bond acceptors (Lipinski definition) is 2. The molecule has 0 heterocycles. The number of hydrogen-bond donors (Lipinski definition) is 1. The number of halogens is 3. The van der Waals surface area contributed by atoms with E-state index < -0.39 is 12.1 Å². The van der Waals surface area contributed by atoms with Crippen molar-refractivity contribution in [3.05, 3.63) is 30.3 Å². The fraction of sp³-hybridized carbons (Fsp3) is 0.455. The standard InChI is InChI=1S/C11H15F3N2/c1-16(10-5-3-2-4-6-10)8-9(7-15)11(12,13)14/h2-6,9H,7-8,15H2,1H3. The number of nitrogens with two attached hydrogens (primary N) is 1. The van der Waals surface area contributed by atoms with Gasteiger partial charge in [-0.2, -0.15) is 13.2 Å². The molecule has 0 bridgehead atoms. The predicted octanol–water partition coefficient (Wildman–Crippen LogP) is 2.26. The van der Waals surface area contributed by atoms with E-state index in [-0.39, 0.29) is 13.1 Å². The van der Waals surface area contributed by atoms with Crippen LogP contribution < -0.4 is 10.6 Å². The average Bonchev–Trinajstić information content (AvgIpc) is 2.25. The van der Waals surface area contributed by atoms with Crippen molar-refractivity contribution in [2.24, 2.45) is 11.7 Å². The molecule has 5 heteroatoms. The highest BCUT2D eigenvalue weighted by Crippen LogP contribution is 2.27. The molecule has 16 heavy (non-hydrogen) atoms. The third-order valence-corrected chi connectivity index (χ3v) is 2.44. The lowest BCUT2D eigenvalue weighted by Gasteiger charge is -2.26. The number of nitrogens with zero attached hydrogens (tertiary/aromatic N) is 1. The summed E-state index contributed by atoms with van der Waals surface area (Å²) in [5, 5.41) is 0. The fourth-order valence-electron chi connectivity index (χ4n) is 1.43. The molecule has 0 aliphatic carbocycles. The summed E-state index contributed by atoms with van der Waals surface area (Å²) in [4.78, 5) is 1.56. The maximum absolute atomic E-state index is 12.5. The first-order chi connectivity index (χ1) is 7.45. The number of benzene rings is 1. The Morgan fingerprint density at radius 3 is 2.25 bits per heavy atom. The number of para-hydroxylation sites is 1. The van der Waals surface area contributed by atoms with Crippen LogP contribution >= 0.6 is 0 Å². The van der Waals surface area contributed by atoms with Crippen LogP contribution in [0.25, 0.3) is 0 Å². The van der Waals surface area contributed by atoms with Gasteiger partial charge in [0.25, 0.3) is 0 Å².